The fourth-order valence-corrected chi connectivity index (χ4v) is 6.45. The van der Waals surface area contributed by atoms with Gasteiger partial charge in [0.1, 0.15) is 22.8 Å². The number of fused-ring (bicyclic) bond motifs is 3. The SMILES string of the molecule is CC(=O)Nc1ccc(-c2ccc(O)c3c2C[C@H]2C[C@H]4[C@H](N(C)C)C(=O)C(C(N)=O)=C(O)C4(O)C(=O)C2=C3O)cc1. The van der Waals surface area contributed by atoms with Crippen LogP contribution in [0.15, 0.2) is 53.3 Å². The summed E-state index contributed by atoms with van der Waals surface area (Å²) in [7, 11) is 3.10. The van der Waals surface area contributed by atoms with Crippen LogP contribution >= 0.6 is 0 Å². The summed E-state index contributed by atoms with van der Waals surface area (Å²) in [6.07, 6.45) is 0.175. The number of likely N-dealkylation sites (N-methyl/N-ethyl adjacent to an activating group) is 1. The molecule has 1 fully saturated rings. The number of benzene rings is 2. The molecule has 2 amide bonds. The fraction of sp³-hybridized carbons (Fsp3) is 0.310. The smallest absolute Gasteiger partial charge is 0.255 e. The molecule has 0 aromatic heterocycles. The molecule has 0 spiro atoms. The van der Waals surface area contributed by atoms with Crippen LogP contribution in [0.3, 0.4) is 0 Å². The van der Waals surface area contributed by atoms with Crippen LogP contribution < -0.4 is 11.1 Å². The number of anilines is 1. The maximum atomic E-state index is 13.9. The maximum Gasteiger partial charge on any atom is 0.255 e. The lowest BCUT2D eigenvalue weighted by molar-refractivity contribution is -0.153. The van der Waals surface area contributed by atoms with Gasteiger partial charge >= 0.3 is 0 Å². The van der Waals surface area contributed by atoms with Gasteiger partial charge in [-0.3, -0.25) is 24.1 Å². The highest BCUT2D eigenvalue weighted by atomic mass is 16.3. The lowest BCUT2D eigenvalue weighted by Crippen LogP contribution is -2.65. The number of phenolic OH excluding ortho intramolecular Hbond substituents is 1. The second kappa shape index (κ2) is 9.32. The molecule has 2 aromatic rings. The average molecular weight is 548 g/mol. The number of carbonyl (C=O) groups is 4. The van der Waals surface area contributed by atoms with Crippen molar-refractivity contribution in [3.8, 4) is 16.9 Å². The number of rotatable bonds is 4. The molecule has 0 aliphatic heterocycles. The first-order valence-corrected chi connectivity index (χ1v) is 12.7. The van der Waals surface area contributed by atoms with Crippen LogP contribution in [0.25, 0.3) is 16.9 Å². The zero-order valence-electron chi connectivity index (χ0n) is 22.1. The third-order valence-electron chi connectivity index (χ3n) is 8.12. The summed E-state index contributed by atoms with van der Waals surface area (Å²) in [5.41, 5.74) is 4.16. The Hall–Kier alpha value is -4.48. The van der Waals surface area contributed by atoms with E-state index in [1.54, 1.807) is 44.4 Å². The van der Waals surface area contributed by atoms with Gasteiger partial charge in [0, 0.05) is 24.1 Å². The van der Waals surface area contributed by atoms with E-state index in [1.807, 2.05) is 0 Å². The van der Waals surface area contributed by atoms with Crippen LogP contribution in [0.1, 0.15) is 24.5 Å². The summed E-state index contributed by atoms with van der Waals surface area (Å²) in [6.45, 7) is 1.40. The normalized spacial score (nSPS) is 25.9. The number of Topliss-reactive ketones (excluding diaryl/α,β-unsaturated/α-hetero) is 2. The molecule has 0 heterocycles. The first-order valence-electron chi connectivity index (χ1n) is 12.7. The number of hydrogen-bond acceptors (Lipinski definition) is 9. The summed E-state index contributed by atoms with van der Waals surface area (Å²) >= 11 is 0. The van der Waals surface area contributed by atoms with Crippen molar-refractivity contribution in [2.75, 3.05) is 19.4 Å². The number of nitrogens with one attached hydrogen (secondary N) is 1. The molecule has 7 N–H and O–H groups in total. The van der Waals surface area contributed by atoms with Crippen molar-refractivity contribution in [1.29, 1.82) is 0 Å². The number of aliphatic hydroxyl groups excluding tert-OH is 2. The van der Waals surface area contributed by atoms with Crippen molar-refractivity contribution in [2.24, 2.45) is 17.6 Å². The monoisotopic (exact) mass is 547 g/mol. The van der Waals surface area contributed by atoms with Gasteiger partial charge in [-0.05, 0) is 67.7 Å². The Morgan fingerprint density at radius 1 is 1.05 bits per heavy atom. The van der Waals surface area contributed by atoms with Crippen LogP contribution in [0.5, 0.6) is 5.75 Å². The topological polar surface area (TPSA) is 190 Å². The lowest BCUT2D eigenvalue weighted by atomic mass is 9.57. The van der Waals surface area contributed by atoms with Crippen molar-refractivity contribution >= 4 is 34.8 Å². The molecule has 0 saturated heterocycles. The first-order chi connectivity index (χ1) is 18.8. The Bertz CT molecular complexity index is 1560. The Balaban J connectivity index is 1.68. The van der Waals surface area contributed by atoms with Crippen LogP contribution in [-0.2, 0) is 25.6 Å². The number of nitrogens with two attached hydrogens (primary N) is 1. The average Bonchev–Trinajstić information content (AvgIpc) is 2.86. The van der Waals surface area contributed by atoms with Gasteiger partial charge in [0.15, 0.2) is 11.4 Å². The summed E-state index contributed by atoms with van der Waals surface area (Å²) < 4.78 is 0. The van der Waals surface area contributed by atoms with Gasteiger partial charge in [-0.25, -0.2) is 0 Å². The summed E-state index contributed by atoms with van der Waals surface area (Å²) in [5, 5.41) is 47.4. The Morgan fingerprint density at radius 3 is 2.27 bits per heavy atom. The molecular weight excluding hydrogens is 518 g/mol. The molecule has 1 unspecified atom stereocenters. The van der Waals surface area contributed by atoms with E-state index in [-0.39, 0.29) is 35.6 Å². The van der Waals surface area contributed by atoms with E-state index in [1.165, 1.54) is 17.9 Å². The molecule has 0 radical (unpaired) electrons. The second-order valence-corrected chi connectivity index (χ2v) is 10.7. The number of ketones is 2. The van der Waals surface area contributed by atoms with E-state index in [2.05, 4.69) is 5.32 Å². The number of primary amides is 1. The second-order valence-electron chi connectivity index (χ2n) is 10.7. The van der Waals surface area contributed by atoms with Crippen LogP contribution in [-0.4, -0.2) is 74.4 Å². The van der Waals surface area contributed by atoms with Gasteiger partial charge in [-0.1, -0.05) is 18.2 Å². The van der Waals surface area contributed by atoms with Crippen molar-refractivity contribution in [1.82, 2.24) is 4.90 Å². The quantitative estimate of drug-likeness (QED) is 0.309. The molecule has 11 nitrogen and oxygen atoms in total. The number of nitrogens with zero attached hydrogens (tertiary/aromatic N) is 1. The third kappa shape index (κ3) is 3.81. The van der Waals surface area contributed by atoms with Gasteiger partial charge < -0.3 is 31.5 Å². The predicted octanol–water partition coefficient (Wildman–Crippen LogP) is 1.59. The summed E-state index contributed by atoms with van der Waals surface area (Å²) in [6, 6.07) is 8.88. The highest BCUT2D eigenvalue weighted by molar-refractivity contribution is 6.24. The number of amides is 2. The van der Waals surface area contributed by atoms with E-state index in [0.717, 1.165) is 5.56 Å². The largest absolute Gasteiger partial charge is 0.508 e. The summed E-state index contributed by atoms with van der Waals surface area (Å²) in [5.74, 6) is -7.16. The molecule has 1 saturated carbocycles. The van der Waals surface area contributed by atoms with Crippen LogP contribution in [0, 0.1) is 11.8 Å². The van der Waals surface area contributed by atoms with E-state index in [4.69, 9.17) is 5.73 Å². The van der Waals surface area contributed by atoms with E-state index < -0.39 is 58.0 Å². The van der Waals surface area contributed by atoms with Gasteiger partial charge in [0.05, 0.1) is 11.6 Å². The molecule has 40 heavy (non-hydrogen) atoms. The number of aliphatic hydroxyl groups is 3. The van der Waals surface area contributed by atoms with Crippen molar-refractivity contribution < 1.29 is 39.6 Å². The predicted molar refractivity (Wildman–Crippen MR) is 144 cm³/mol. The minimum absolute atomic E-state index is 0.00231. The third-order valence-corrected chi connectivity index (χ3v) is 8.12. The molecule has 3 aliphatic carbocycles. The number of aromatic hydroxyl groups is 1. The van der Waals surface area contributed by atoms with Gasteiger partial charge in [-0.2, -0.15) is 0 Å². The minimum atomic E-state index is -2.68. The molecule has 5 rings (SSSR count). The van der Waals surface area contributed by atoms with Gasteiger partial charge in [-0.15, -0.1) is 0 Å². The Kier molecular flexibility index (Phi) is 6.31. The van der Waals surface area contributed by atoms with Crippen LogP contribution in [0.2, 0.25) is 0 Å². The van der Waals surface area contributed by atoms with Gasteiger partial charge in [0.2, 0.25) is 11.7 Å². The molecule has 2 aromatic carbocycles. The Morgan fingerprint density at radius 2 is 1.70 bits per heavy atom. The maximum absolute atomic E-state index is 13.9. The molecular formula is C29H29N3O8. The zero-order chi connectivity index (χ0) is 29.3. The molecule has 208 valence electrons. The van der Waals surface area contributed by atoms with Crippen molar-refractivity contribution in [2.45, 2.75) is 31.4 Å². The molecule has 3 aliphatic rings. The van der Waals surface area contributed by atoms with Gasteiger partial charge in [0.25, 0.3) is 5.91 Å². The number of hydrogen-bond donors (Lipinski definition) is 6. The van der Waals surface area contributed by atoms with Crippen molar-refractivity contribution in [3.05, 3.63) is 64.4 Å². The standard InChI is InChI=1S/C29H29N3O8/c1-12(33)31-15-6-4-13(5-7-15)16-8-9-19(34)21-17(16)10-14-11-18-23(32(2)3)25(36)22(28(30)39)27(38)29(18,40)26(37)20(14)24(21)35/h4-9,14,18,23,34-35,38,40H,10-11H2,1-3H3,(H2,30,39)(H,31,33)/t14-,18-,23-,29?/m0/s1. The number of phenols is 1. The molecule has 0 bridgehead atoms. The minimum Gasteiger partial charge on any atom is -0.508 e. The van der Waals surface area contributed by atoms with E-state index >= 15 is 0 Å². The molecule has 11 heteroatoms. The Labute approximate surface area is 229 Å². The lowest BCUT2D eigenvalue weighted by Gasteiger charge is -2.50. The summed E-state index contributed by atoms with van der Waals surface area (Å²) in [4.78, 5) is 52.1. The van der Waals surface area contributed by atoms with E-state index in [9.17, 15) is 39.6 Å². The highest BCUT2D eigenvalue weighted by Crippen LogP contribution is 2.53. The van der Waals surface area contributed by atoms with E-state index in [0.29, 0.717) is 16.8 Å². The zero-order valence-corrected chi connectivity index (χ0v) is 22.1. The fourth-order valence-electron chi connectivity index (χ4n) is 6.45. The first kappa shape index (κ1) is 27.1. The number of carbonyl (C=O) groups excluding carboxylic acids is 4. The van der Waals surface area contributed by atoms with Crippen molar-refractivity contribution in [3.63, 3.8) is 0 Å². The van der Waals surface area contributed by atoms with Crippen LogP contribution in [0.4, 0.5) is 5.69 Å². The molecule has 4 atom stereocenters. The highest BCUT2D eigenvalue weighted by Gasteiger charge is 2.64.